The normalized spacial score (nSPS) is 10.9. The molecule has 0 aliphatic heterocycles. The largest absolute Gasteiger partial charge is 0.305 e. The van der Waals surface area contributed by atoms with E-state index in [1.165, 1.54) is 24.4 Å². The Morgan fingerprint density at radius 3 is 2.52 bits per heavy atom. The molecule has 27 heavy (non-hydrogen) atoms. The maximum Gasteiger partial charge on any atom is 0.256 e. The van der Waals surface area contributed by atoms with Crippen molar-refractivity contribution in [3.05, 3.63) is 83.9 Å². The third kappa shape index (κ3) is 3.12. The highest BCUT2D eigenvalue weighted by Crippen LogP contribution is 2.30. The summed E-state index contributed by atoms with van der Waals surface area (Å²) < 4.78 is 41.6. The Balaban J connectivity index is 1.81. The van der Waals surface area contributed by atoms with Gasteiger partial charge in [0, 0.05) is 23.5 Å². The molecular weight excluding hydrogens is 357 g/mol. The number of hydrogen-bond donors (Lipinski definition) is 1. The number of aromatic nitrogens is 3. The highest BCUT2D eigenvalue weighted by atomic mass is 19.2. The molecule has 2 heterocycles. The fourth-order valence-corrected chi connectivity index (χ4v) is 2.67. The summed E-state index contributed by atoms with van der Waals surface area (Å²) in [5, 5.41) is 2.62. The second-order valence-electron chi connectivity index (χ2n) is 5.69. The number of nitrogens with one attached hydrogen (secondary N) is 1. The fourth-order valence-electron chi connectivity index (χ4n) is 2.67. The molecule has 8 heteroatoms. The molecule has 0 aliphatic carbocycles. The highest BCUT2D eigenvalue weighted by molar-refractivity contribution is 6.05. The van der Waals surface area contributed by atoms with Crippen LogP contribution in [0.15, 0.2) is 60.9 Å². The first-order valence-corrected chi connectivity index (χ1v) is 7.88. The molecule has 0 spiro atoms. The quantitative estimate of drug-likeness (QED) is 0.593. The number of rotatable bonds is 3. The molecule has 1 amide bonds. The molecule has 4 aromatic rings. The minimum atomic E-state index is -1.03. The van der Waals surface area contributed by atoms with E-state index in [9.17, 15) is 18.0 Å². The fraction of sp³-hybridized carbons (Fsp3) is 0. The summed E-state index contributed by atoms with van der Waals surface area (Å²) in [4.78, 5) is 20.8. The number of hydrogen-bond acceptors (Lipinski definition) is 3. The van der Waals surface area contributed by atoms with Gasteiger partial charge >= 0.3 is 0 Å². The second kappa shape index (κ2) is 6.56. The first-order valence-electron chi connectivity index (χ1n) is 7.88. The van der Waals surface area contributed by atoms with Crippen LogP contribution in [-0.4, -0.2) is 20.3 Å². The van der Waals surface area contributed by atoms with E-state index in [2.05, 4.69) is 15.3 Å². The lowest BCUT2D eigenvalue weighted by atomic mass is 10.1. The van der Waals surface area contributed by atoms with E-state index in [1.807, 2.05) is 0 Å². The summed E-state index contributed by atoms with van der Waals surface area (Å²) >= 11 is 0. The Bertz CT molecular complexity index is 1160. The molecule has 134 valence electrons. The minimum absolute atomic E-state index is 0.119. The predicted molar refractivity (Wildman–Crippen MR) is 92.7 cm³/mol. The molecule has 0 aliphatic rings. The zero-order valence-electron chi connectivity index (χ0n) is 13.7. The van der Waals surface area contributed by atoms with E-state index in [0.717, 1.165) is 24.3 Å². The van der Waals surface area contributed by atoms with E-state index in [-0.39, 0.29) is 17.2 Å². The van der Waals surface area contributed by atoms with Crippen molar-refractivity contribution in [1.82, 2.24) is 14.4 Å². The van der Waals surface area contributed by atoms with E-state index in [1.54, 1.807) is 16.7 Å². The summed E-state index contributed by atoms with van der Waals surface area (Å²) in [6, 6.07) is 10.0. The predicted octanol–water partition coefficient (Wildman–Crippen LogP) is 4.07. The van der Waals surface area contributed by atoms with Crippen molar-refractivity contribution in [2.24, 2.45) is 0 Å². The standard InChI is InChI=1S/C19H11F3N4O/c20-13-5-2-11(3-6-13)18(27)24-17-16(12-4-7-14(21)15(22)10-12)26-9-1-8-23-19(26)25-17/h1-10H,(H,24,27). The number of imidazole rings is 1. The van der Waals surface area contributed by atoms with Crippen molar-refractivity contribution in [1.29, 1.82) is 0 Å². The molecular formula is C19H11F3N4O. The van der Waals surface area contributed by atoms with Crippen molar-refractivity contribution in [2.45, 2.75) is 0 Å². The molecule has 0 unspecified atom stereocenters. The Labute approximate surface area is 151 Å². The van der Waals surface area contributed by atoms with Gasteiger partial charge in [0.05, 0.1) is 5.69 Å². The van der Waals surface area contributed by atoms with Crippen LogP contribution in [-0.2, 0) is 0 Å². The number of fused-ring (bicyclic) bond motifs is 1. The van der Waals surface area contributed by atoms with Gasteiger partial charge in [0.2, 0.25) is 5.78 Å². The van der Waals surface area contributed by atoms with Crippen molar-refractivity contribution in [2.75, 3.05) is 5.32 Å². The van der Waals surface area contributed by atoms with Crippen molar-refractivity contribution < 1.29 is 18.0 Å². The lowest BCUT2D eigenvalue weighted by Crippen LogP contribution is -2.13. The van der Waals surface area contributed by atoms with Crippen LogP contribution in [0.2, 0.25) is 0 Å². The molecule has 2 aromatic carbocycles. The molecule has 0 saturated heterocycles. The van der Waals surface area contributed by atoms with Gasteiger partial charge < -0.3 is 5.32 Å². The molecule has 0 bridgehead atoms. The average Bonchev–Trinajstić information content (AvgIpc) is 3.02. The number of halogens is 3. The van der Waals surface area contributed by atoms with Gasteiger partial charge in [0.1, 0.15) is 5.82 Å². The maximum atomic E-state index is 13.7. The highest BCUT2D eigenvalue weighted by Gasteiger charge is 2.19. The van der Waals surface area contributed by atoms with E-state index >= 15 is 0 Å². The Hall–Kier alpha value is -3.68. The van der Waals surface area contributed by atoms with Gasteiger partial charge in [-0.15, -0.1) is 0 Å². The van der Waals surface area contributed by atoms with Gasteiger partial charge in [-0.3, -0.25) is 9.20 Å². The Morgan fingerprint density at radius 1 is 1.00 bits per heavy atom. The molecule has 0 radical (unpaired) electrons. The zero-order valence-corrected chi connectivity index (χ0v) is 13.7. The molecule has 0 atom stereocenters. The van der Waals surface area contributed by atoms with Gasteiger partial charge in [-0.1, -0.05) is 0 Å². The van der Waals surface area contributed by atoms with Crippen LogP contribution >= 0.6 is 0 Å². The lowest BCUT2D eigenvalue weighted by molar-refractivity contribution is 0.102. The van der Waals surface area contributed by atoms with Crippen molar-refractivity contribution in [3.8, 4) is 11.3 Å². The van der Waals surface area contributed by atoms with Gasteiger partial charge in [-0.25, -0.2) is 18.2 Å². The monoisotopic (exact) mass is 368 g/mol. The van der Waals surface area contributed by atoms with E-state index < -0.39 is 23.4 Å². The summed E-state index contributed by atoms with van der Waals surface area (Å²) in [6.07, 6.45) is 3.16. The van der Waals surface area contributed by atoms with E-state index in [0.29, 0.717) is 11.3 Å². The van der Waals surface area contributed by atoms with Gasteiger partial charge in [0.15, 0.2) is 17.5 Å². The van der Waals surface area contributed by atoms with Crippen LogP contribution < -0.4 is 5.32 Å². The van der Waals surface area contributed by atoms with Crippen LogP contribution in [0.5, 0.6) is 0 Å². The first kappa shape index (κ1) is 16.8. The summed E-state index contributed by atoms with van der Waals surface area (Å²) in [6.45, 7) is 0. The van der Waals surface area contributed by atoms with E-state index in [4.69, 9.17) is 0 Å². The molecule has 2 aromatic heterocycles. The van der Waals surface area contributed by atoms with Crippen LogP contribution in [0.3, 0.4) is 0 Å². The van der Waals surface area contributed by atoms with Crippen molar-refractivity contribution in [3.63, 3.8) is 0 Å². The smallest absolute Gasteiger partial charge is 0.256 e. The Morgan fingerprint density at radius 2 is 1.78 bits per heavy atom. The summed E-state index contributed by atoms with van der Waals surface area (Å²) in [7, 11) is 0. The van der Waals surface area contributed by atoms with Gasteiger partial charge in [0.25, 0.3) is 5.91 Å². The van der Waals surface area contributed by atoms with Crippen LogP contribution in [0.1, 0.15) is 10.4 Å². The number of carbonyl (C=O) groups is 1. The molecule has 5 nitrogen and oxygen atoms in total. The van der Waals surface area contributed by atoms with Gasteiger partial charge in [-0.2, -0.15) is 4.98 Å². The summed E-state index contributed by atoms with van der Waals surface area (Å²) in [5.74, 6) is -2.61. The second-order valence-corrected chi connectivity index (χ2v) is 5.69. The van der Waals surface area contributed by atoms with Crippen LogP contribution in [0.25, 0.3) is 17.0 Å². The average molecular weight is 368 g/mol. The Kier molecular flexibility index (Phi) is 4.08. The number of carbonyl (C=O) groups excluding carboxylic acids is 1. The molecule has 0 fully saturated rings. The lowest BCUT2D eigenvalue weighted by Gasteiger charge is -2.07. The summed E-state index contributed by atoms with van der Waals surface area (Å²) in [5.41, 5.74) is 0.869. The molecule has 0 saturated carbocycles. The minimum Gasteiger partial charge on any atom is -0.305 e. The first-order chi connectivity index (χ1) is 13.0. The van der Waals surface area contributed by atoms with Gasteiger partial charge in [-0.05, 0) is 48.5 Å². The molecule has 1 N–H and O–H groups in total. The third-order valence-electron chi connectivity index (χ3n) is 3.94. The number of anilines is 1. The number of benzene rings is 2. The zero-order chi connectivity index (χ0) is 19.0. The third-order valence-corrected chi connectivity index (χ3v) is 3.94. The number of amides is 1. The topological polar surface area (TPSA) is 59.3 Å². The molecule has 4 rings (SSSR count). The van der Waals surface area contributed by atoms with Crippen molar-refractivity contribution >= 4 is 17.5 Å². The number of nitrogens with zero attached hydrogens (tertiary/aromatic N) is 3. The SMILES string of the molecule is O=C(Nc1nc2ncccn2c1-c1ccc(F)c(F)c1)c1ccc(F)cc1. The van der Waals surface area contributed by atoms with Crippen LogP contribution in [0.4, 0.5) is 19.0 Å². The maximum absolute atomic E-state index is 13.7. The van der Waals surface area contributed by atoms with Crippen LogP contribution in [0, 0.1) is 17.5 Å².